The normalized spacial score (nSPS) is 11.7. The number of hydrogen-bond acceptors (Lipinski definition) is 4. The number of aromatic nitrogens is 1. The fourth-order valence-corrected chi connectivity index (χ4v) is 3.35. The Morgan fingerprint density at radius 1 is 1.20 bits per heavy atom. The van der Waals surface area contributed by atoms with Crippen molar-refractivity contribution in [2.45, 2.75) is 39.7 Å². The third-order valence-electron chi connectivity index (χ3n) is 3.91. The summed E-state index contributed by atoms with van der Waals surface area (Å²) in [6.07, 6.45) is 1.09. The van der Waals surface area contributed by atoms with Crippen LogP contribution in [0.15, 0.2) is 24.3 Å². The lowest BCUT2D eigenvalue weighted by molar-refractivity contribution is -0.119. The van der Waals surface area contributed by atoms with E-state index in [-0.39, 0.29) is 18.0 Å². The number of carbonyl (C=O) groups excluding carboxylic acids is 2. The summed E-state index contributed by atoms with van der Waals surface area (Å²) in [6, 6.07) is 6.86. The van der Waals surface area contributed by atoms with Crippen LogP contribution in [0.3, 0.4) is 0 Å². The Morgan fingerprint density at radius 2 is 1.88 bits per heavy atom. The summed E-state index contributed by atoms with van der Waals surface area (Å²) in [4.78, 5) is 29.3. The lowest BCUT2D eigenvalue weighted by Gasteiger charge is -2.15. The number of amides is 3. The zero-order valence-corrected chi connectivity index (χ0v) is 15.8. The molecule has 0 aliphatic rings. The Hall–Kier alpha value is -2.41. The Bertz CT molecular complexity index is 721. The Labute approximate surface area is 152 Å². The third-order valence-corrected chi connectivity index (χ3v) is 5.10. The summed E-state index contributed by atoms with van der Waals surface area (Å²) in [5.74, 6) is -0.0433. The summed E-state index contributed by atoms with van der Waals surface area (Å²) in [5, 5.41) is 9.29. The van der Waals surface area contributed by atoms with E-state index in [0.29, 0.717) is 12.1 Å². The summed E-state index contributed by atoms with van der Waals surface area (Å²) in [6.45, 7) is 6.02. The minimum atomic E-state index is -0.267. The molecule has 3 amide bonds. The number of nitrogens with zero attached hydrogens (tertiary/aromatic N) is 1. The van der Waals surface area contributed by atoms with Gasteiger partial charge in [-0.1, -0.05) is 19.1 Å². The molecule has 0 fully saturated rings. The van der Waals surface area contributed by atoms with Crippen molar-refractivity contribution in [1.29, 1.82) is 0 Å². The first kappa shape index (κ1) is 18.9. The second kappa shape index (κ2) is 8.62. The quantitative estimate of drug-likeness (QED) is 0.739. The van der Waals surface area contributed by atoms with Crippen molar-refractivity contribution in [2.24, 2.45) is 0 Å². The van der Waals surface area contributed by atoms with Crippen molar-refractivity contribution in [3.05, 3.63) is 45.4 Å². The van der Waals surface area contributed by atoms with E-state index in [1.165, 1.54) is 4.88 Å². The molecule has 2 rings (SSSR count). The Morgan fingerprint density at radius 3 is 2.40 bits per heavy atom. The molecule has 0 unspecified atom stereocenters. The molecule has 3 N–H and O–H groups in total. The van der Waals surface area contributed by atoms with Crippen LogP contribution in [0.5, 0.6) is 0 Å². The van der Waals surface area contributed by atoms with E-state index in [0.717, 1.165) is 22.7 Å². The fraction of sp³-hybridized carbons (Fsp3) is 0.389. The molecule has 134 valence electrons. The molecule has 6 nitrogen and oxygen atoms in total. The van der Waals surface area contributed by atoms with Crippen molar-refractivity contribution >= 4 is 29.0 Å². The monoisotopic (exact) mass is 360 g/mol. The number of urea groups is 1. The Balaban J connectivity index is 1.95. The van der Waals surface area contributed by atoms with E-state index in [4.69, 9.17) is 0 Å². The van der Waals surface area contributed by atoms with Crippen LogP contribution in [0.1, 0.15) is 40.5 Å². The van der Waals surface area contributed by atoms with Gasteiger partial charge in [-0.05, 0) is 38.0 Å². The van der Waals surface area contributed by atoms with Gasteiger partial charge in [-0.15, -0.1) is 11.3 Å². The molecule has 1 aromatic heterocycles. The second-order valence-corrected chi connectivity index (χ2v) is 7.03. The van der Waals surface area contributed by atoms with Gasteiger partial charge in [-0.2, -0.15) is 0 Å². The molecule has 0 saturated heterocycles. The van der Waals surface area contributed by atoms with Gasteiger partial charge < -0.3 is 16.0 Å². The van der Waals surface area contributed by atoms with E-state index >= 15 is 0 Å². The van der Waals surface area contributed by atoms with Gasteiger partial charge in [0.25, 0.3) is 0 Å². The molecule has 1 heterocycles. The van der Waals surface area contributed by atoms with E-state index in [1.54, 1.807) is 30.5 Å². The maximum Gasteiger partial charge on any atom is 0.319 e. The average molecular weight is 360 g/mol. The van der Waals surface area contributed by atoms with Gasteiger partial charge in [0.1, 0.15) is 5.01 Å². The smallest absolute Gasteiger partial charge is 0.319 e. The largest absolute Gasteiger partial charge is 0.359 e. The number of hydrogen-bond donors (Lipinski definition) is 3. The van der Waals surface area contributed by atoms with Crippen molar-refractivity contribution in [3.8, 4) is 0 Å². The number of carbonyl (C=O) groups is 2. The van der Waals surface area contributed by atoms with Gasteiger partial charge in [-0.25, -0.2) is 9.78 Å². The topological polar surface area (TPSA) is 83.1 Å². The number of thiazole rings is 1. The number of aryl methyl sites for hydroxylation is 2. The molecule has 0 bridgehead atoms. The predicted octanol–water partition coefficient (Wildman–Crippen LogP) is 3.32. The van der Waals surface area contributed by atoms with Crippen LogP contribution < -0.4 is 16.0 Å². The van der Waals surface area contributed by atoms with Gasteiger partial charge in [0.2, 0.25) is 5.91 Å². The van der Waals surface area contributed by atoms with Crippen LogP contribution in [-0.2, 0) is 11.2 Å². The molecule has 2 aromatic rings. The van der Waals surface area contributed by atoms with E-state index < -0.39 is 0 Å². The van der Waals surface area contributed by atoms with Crippen molar-refractivity contribution in [3.63, 3.8) is 0 Å². The molecule has 0 spiro atoms. The summed E-state index contributed by atoms with van der Waals surface area (Å²) < 4.78 is 0. The molecule has 0 aliphatic carbocycles. The molecule has 7 heteroatoms. The molecule has 0 saturated carbocycles. The van der Waals surface area contributed by atoms with Gasteiger partial charge in [0, 0.05) is 17.6 Å². The molecule has 1 atom stereocenters. The maximum atomic E-state index is 12.2. The first-order chi connectivity index (χ1) is 11.9. The van der Waals surface area contributed by atoms with Crippen LogP contribution in [0.2, 0.25) is 0 Å². The summed E-state index contributed by atoms with van der Waals surface area (Å²) in [7, 11) is 1.61. The number of nitrogens with one attached hydrogen (secondary N) is 3. The Kier molecular flexibility index (Phi) is 6.52. The first-order valence-corrected chi connectivity index (χ1v) is 9.05. The van der Waals surface area contributed by atoms with E-state index in [9.17, 15) is 9.59 Å². The summed E-state index contributed by atoms with van der Waals surface area (Å²) in [5.41, 5.74) is 2.58. The van der Waals surface area contributed by atoms with Crippen LogP contribution in [0.4, 0.5) is 10.5 Å². The number of anilines is 1. The maximum absolute atomic E-state index is 12.2. The molecular formula is C18H24N4O2S. The van der Waals surface area contributed by atoms with Crippen LogP contribution >= 0.6 is 11.3 Å². The highest BCUT2D eigenvalue weighted by atomic mass is 32.1. The molecule has 0 radical (unpaired) electrons. The number of benzene rings is 1. The van der Waals surface area contributed by atoms with Crippen LogP contribution in [0.25, 0.3) is 0 Å². The first-order valence-electron chi connectivity index (χ1n) is 8.23. The number of rotatable bonds is 6. The average Bonchev–Trinajstić information content (AvgIpc) is 2.93. The van der Waals surface area contributed by atoms with Gasteiger partial charge in [-0.3, -0.25) is 4.79 Å². The minimum absolute atomic E-state index is 0.0433. The van der Waals surface area contributed by atoms with Crippen molar-refractivity contribution in [2.75, 3.05) is 12.4 Å². The fourth-order valence-electron chi connectivity index (χ4n) is 2.29. The van der Waals surface area contributed by atoms with E-state index in [1.807, 2.05) is 32.9 Å². The molecule has 0 aliphatic heterocycles. The predicted molar refractivity (Wildman–Crippen MR) is 101 cm³/mol. The number of likely N-dealkylation sites (N-methyl/N-ethyl adjacent to an activating group) is 1. The lowest BCUT2D eigenvalue weighted by atomic mass is 10.1. The second-order valence-electron chi connectivity index (χ2n) is 5.80. The third kappa shape index (κ3) is 5.29. The SMILES string of the molecule is CC[C@H](NC(=O)Nc1ccc(CC(=O)NC)cc1)c1nc(C)c(C)s1. The standard InChI is InChI=1S/C18H24N4O2S/c1-5-15(17-20-11(2)12(3)25-17)22-18(24)21-14-8-6-13(7-9-14)10-16(23)19-4/h6-9,15H,5,10H2,1-4H3,(H,19,23)(H2,21,22,24)/t15-/m0/s1. The molecule has 25 heavy (non-hydrogen) atoms. The van der Waals surface area contributed by atoms with Gasteiger partial charge in [0.15, 0.2) is 0 Å². The zero-order chi connectivity index (χ0) is 18.4. The zero-order valence-electron chi connectivity index (χ0n) is 15.0. The van der Waals surface area contributed by atoms with Crippen molar-refractivity contribution in [1.82, 2.24) is 15.6 Å². The molecule has 1 aromatic carbocycles. The van der Waals surface area contributed by atoms with Crippen LogP contribution in [-0.4, -0.2) is 24.0 Å². The highest BCUT2D eigenvalue weighted by molar-refractivity contribution is 7.11. The lowest BCUT2D eigenvalue weighted by Crippen LogP contribution is -2.32. The molecular weight excluding hydrogens is 336 g/mol. The van der Waals surface area contributed by atoms with E-state index in [2.05, 4.69) is 20.9 Å². The highest BCUT2D eigenvalue weighted by Crippen LogP contribution is 2.25. The van der Waals surface area contributed by atoms with Gasteiger partial charge >= 0.3 is 6.03 Å². The van der Waals surface area contributed by atoms with Crippen molar-refractivity contribution < 1.29 is 9.59 Å². The highest BCUT2D eigenvalue weighted by Gasteiger charge is 2.17. The van der Waals surface area contributed by atoms with Crippen LogP contribution in [0, 0.1) is 13.8 Å². The summed E-state index contributed by atoms with van der Waals surface area (Å²) >= 11 is 1.61. The van der Waals surface area contributed by atoms with Gasteiger partial charge in [0.05, 0.1) is 18.2 Å². The minimum Gasteiger partial charge on any atom is -0.359 e.